The molecule has 0 saturated heterocycles. The van der Waals surface area contributed by atoms with Crippen molar-refractivity contribution >= 4 is 11.5 Å². The lowest BCUT2D eigenvalue weighted by atomic mass is 10.3. The summed E-state index contributed by atoms with van der Waals surface area (Å²) in [6, 6.07) is 0. The lowest BCUT2D eigenvalue weighted by molar-refractivity contribution is -0.385. The Morgan fingerprint density at radius 1 is 1.50 bits per heavy atom. The molecule has 2 N–H and O–H groups in total. The number of anilines is 1. The lowest BCUT2D eigenvalue weighted by Crippen LogP contribution is -2.06. The van der Waals surface area contributed by atoms with Crippen LogP contribution in [0.2, 0.25) is 0 Å². The normalized spacial score (nSPS) is 10.1. The minimum absolute atomic E-state index is 0.0615. The number of nitrogen functional groups attached to an aromatic ring is 1. The van der Waals surface area contributed by atoms with Crippen molar-refractivity contribution in [1.29, 1.82) is 0 Å². The largest absolute Gasteiger partial charge is 0.473 e. The fraction of sp³-hybridized carbons (Fsp3) is 0.556. The van der Waals surface area contributed by atoms with Crippen molar-refractivity contribution in [2.24, 2.45) is 0 Å². The van der Waals surface area contributed by atoms with E-state index in [1.54, 1.807) is 0 Å². The van der Waals surface area contributed by atoms with Crippen LogP contribution in [0.15, 0.2) is 6.33 Å². The van der Waals surface area contributed by atoms with Gasteiger partial charge in [0.05, 0.1) is 11.5 Å². The highest BCUT2D eigenvalue weighted by atomic mass is 16.6. The van der Waals surface area contributed by atoms with Crippen molar-refractivity contribution in [2.45, 2.75) is 26.2 Å². The number of unbranched alkanes of at least 4 members (excludes halogenated alkanes) is 2. The Morgan fingerprint density at radius 2 is 2.25 bits per heavy atom. The summed E-state index contributed by atoms with van der Waals surface area (Å²) in [7, 11) is 0. The van der Waals surface area contributed by atoms with Crippen molar-refractivity contribution in [3.63, 3.8) is 0 Å². The summed E-state index contributed by atoms with van der Waals surface area (Å²) in [6.45, 7) is 2.45. The number of nitrogens with zero attached hydrogens (tertiary/aromatic N) is 3. The second-order valence-corrected chi connectivity index (χ2v) is 3.23. The van der Waals surface area contributed by atoms with Crippen LogP contribution in [0.1, 0.15) is 26.2 Å². The number of nitrogens with two attached hydrogens (primary N) is 1. The summed E-state index contributed by atoms with van der Waals surface area (Å²) in [6.07, 6.45) is 4.04. The molecular weight excluding hydrogens is 212 g/mol. The Balaban J connectivity index is 2.71. The summed E-state index contributed by atoms with van der Waals surface area (Å²) in [5, 5.41) is 10.7. The molecule has 1 rings (SSSR count). The van der Waals surface area contributed by atoms with E-state index < -0.39 is 4.92 Å². The molecule has 0 aliphatic carbocycles. The van der Waals surface area contributed by atoms with Gasteiger partial charge in [0, 0.05) is 0 Å². The molecule has 7 nitrogen and oxygen atoms in total. The third-order valence-corrected chi connectivity index (χ3v) is 1.99. The van der Waals surface area contributed by atoms with E-state index in [2.05, 4.69) is 16.9 Å². The van der Waals surface area contributed by atoms with Crippen molar-refractivity contribution in [3.05, 3.63) is 16.4 Å². The molecule has 0 spiro atoms. The van der Waals surface area contributed by atoms with E-state index in [9.17, 15) is 10.1 Å². The molecule has 0 atom stereocenters. The van der Waals surface area contributed by atoms with Gasteiger partial charge in [-0.1, -0.05) is 19.8 Å². The number of hydrogen-bond donors (Lipinski definition) is 1. The molecule has 0 unspecified atom stereocenters. The van der Waals surface area contributed by atoms with Gasteiger partial charge >= 0.3 is 5.69 Å². The van der Waals surface area contributed by atoms with Crippen molar-refractivity contribution in [1.82, 2.24) is 9.97 Å². The van der Waals surface area contributed by atoms with Gasteiger partial charge in [0.2, 0.25) is 5.82 Å². The van der Waals surface area contributed by atoms with Crippen LogP contribution in [0.4, 0.5) is 11.5 Å². The maximum atomic E-state index is 10.7. The first-order valence-electron chi connectivity index (χ1n) is 5.04. The second-order valence-electron chi connectivity index (χ2n) is 3.23. The van der Waals surface area contributed by atoms with E-state index in [1.807, 2.05) is 0 Å². The minimum atomic E-state index is -0.634. The smallest absolute Gasteiger partial charge is 0.372 e. The SMILES string of the molecule is CCCCCOc1ncnc(N)c1[N+](=O)[O-]. The molecule has 0 radical (unpaired) electrons. The van der Waals surface area contributed by atoms with Gasteiger partial charge in [0.1, 0.15) is 6.33 Å². The Hall–Kier alpha value is -1.92. The van der Waals surface area contributed by atoms with Gasteiger partial charge in [-0.15, -0.1) is 0 Å². The highest BCUT2D eigenvalue weighted by Gasteiger charge is 2.22. The van der Waals surface area contributed by atoms with Gasteiger partial charge < -0.3 is 10.5 Å². The number of hydrogen-bond acceptors (Lipinski definition) is 6. The van der Waals surface area contributed by atoms with Gasteiger partial charge in [0.15, 0.2) is 0 Å². The molecule has 1 heterocycles. The number of ether oxygens (including phenoxy) is 1. The van der Waals surface area contributed by atoms with Crippen LogP contribution in [0.5, 0.6) is 5.88 Å². The van der Waals surface area contributed by atoms with Crippen molar-refractivity contribution < 1.29 is 9.66 Å². The molecule has 0 saturated carbocycles. The maximum Gasteiger partial charge on any atom is 0.372 e. The minimum Gasteiger partial charge on any atom is -0.473 e. The summed E-state index contributed by atoms with van der Waals surface area (Å²) in [4.78, 5) is 17.3. The Bertz CT molecular complexity index is 370. The molecule has 0 aliphatic heterocycles. The first-order valence-corrected chi connectivity index (χ1v) is 5.04. The number of aromatic nitrogens is 2. The molecule has 0 aromatic carbocycles. The highest BCUT2D eigenvalue weighted by molar-refractivity contribution is 5.57. The van der Waals surface area contributed by atoms with E-state index in [0.717, 1.165) is 25.6 Å². The van der Waals surface area contributed by atoms with Crippen LogP contribution in [0.25, 0.3) is 0 Å². The van der Waals surface area contributed by atoms with E-state index in [1.165, 1.54) is 0 Å². The monoisotopic (exact) mass is 226 g/mol. The second kappa shape index (κ2) is 5.84. The van der Waals surface area contributed by atoms with Crippen LogP contribution in [0, 0.1) is 10.1 Å². The quantitative estimate of drug-likeness (QED) is 0.448. The van der Waals surface area contributed by atoms with Crippen LogP contribution in [0.3, 0.4) is 0 Å². The maximum absolute atomic E-state index is 10.7. The van der Waals surface area contributed by atoms with Gasteiger partial charge in [0.25, 0.3) is 5.88 Å². The highest BCUT2D eigenvalue weighted by Crippen LogP contribution is 2.28. The molecular formula is C9H14N4O3. The molecule has 1 aromatic rings. The standard InChI is InChI=1S/C9H14N4O3/c1-2-3-4-5-16-9-7(13(14)15)8(10)11-6-12-9/h6H,2-5H2,1H3,(H2,10,11,12). The predicted octanol–water partition coefficient (Wildman–Crippen LogP) is 1.54. The van der Waals surface area contributed by atoms with Crippen molar-refractivity contribution in [2.75, 3.05) is 12.3 Å². The molecule has 0 bridgehead atoms. The fourth-order valence-electron chi connectivity index (χ4n) is 1.17. The van der Waals surface area contributed by atoms with E-state index in [4.69, 9.17) is 10.5 Å². The first kappa shape index (κ1) is 12.2. The molecule has 7 heteroatoms. The predicted molar refractivity (Wildman–Crippen MR) is 58.1 cm³/mol. The molecule has 1 aromatic heterocycles. The average Bonchev–Trinajstić information content (AvgIpc) is 2.24. The van der Waals surface area contributed by atoms with Crippen LogP contribution in [-0.2, 0) is 0 Å². The molecule has 0 fully saturated rings. The van der Waals surface area contributed by atoms with E-state index in [-0.39, 0.29) is 17.4 Å². The topological polar surface area (TPSA) is 104 Å². The van der Waals surface area contributed by atoms with Gasteiger partial charge in [-0.25, -0.2) is 4.98 Å². The molecule has 88 valence electrons. The summed E-state index contributed by atoms with van der Waals surface area (Å²) in [5.74, 6) is -0.237. The van der Waals surface area contributed by atoms with Gasteiger partial charge in [-0.05, 0) is 6.42 Å². The zero-order valence-corrected chi connectivity index (χ0v) is 9.05. The van der Waals surface area contributed by atoms with Gasteiger partial charge in [-0.3, -0.25) is 10.1 Å². The van der Waals surface area contributed by atoms with Gasteiger partial charge in [-0.2, -0.15) is 4.98 Å². The Morgan fingerprint density at radius 3 is 2.88 bits per heavy atom. The lowest BCUT2D eigenvalue weighted by Gasteiger charge is -2.05. The Labute approximate surface area is 92.8 Å². The third-order valence-electron chi connectivity index (χ3n) is 1.99. The Kier molecular flexibility index (Phi) is 4.43. The summed E-state index contributed by atoms with van der Waals surface area (Å²) >= 11 is 0. The zero-order chi connectivity index (χ0) is 12.0. The van der Waals surface area contributed by atoms with Crippen LogP contribution >= 0.6 is 0 Å². The molecule has 0 amide bonds. The summed E-state index contributed by atoms with van der Waals surface area (Å²) in [5.41, 5.74) is 5.02. The third kappa shape index (κ3) is 3.04. The fourth-order valence-corrected chi connectivity index (χ4v) is 1.17. The van der Waals surface area contributed by atoms with E-state index >= 15 is 0 Å². The first-order chi connectivity index (χ1) is 7.66. The van der Waals surface area contributed by atoms with Crippen molar-refractivity contribution in [3.8, 4) is 5.88 Å². The van der Waals surface area contributed by atoms with E-state index in [0.29, 0.717) is 6.61 Å². The number of nitro groups is 1. The molecule has 16 heavy (non-hydrogen) atoms. The number of rotatable bonds is 6. The van der Waals surface area contributed by atoms with Crippen LogP contribution in [-0.4, -0.2) is 21.5 Å². The average molecular weight is 226 g/mol. The molecule has 0 aliphatic rings. The zero-order valence-electron chi connectivity index (χ0n) is 9.05. The summed E-state index contributed by atoms with van der Waals surface area (Å²) < 4.78 is 5.21. The van der Waals surface area contributed by atoms with Crippen LogP contribution < -0.4 is 10.5 Å².